The number of amides is 1. The number of nitrogens with one attached hydrogen (secondary N) is 2. The van der Waals surface area contributed by atoms with E-state index in [1.165, 1.54) is 0 Å². The summed E-state index contributed by atoms with van der Waals surface area (Å²) in [5, 5.41) is 22.7. The van der Waals surface area contributed by atoms with Crippen LogP contribution in [0, 0.1) is 11.8 Å². The van der Waals surface area contributed by atoms with E-state index in [1.807, 2.05) is 53.3 Å². The van der Waals surface area contributed by atoms with Gasteiger partial charge >= 0.3 is 5.97 Å². The predicted molar refractivity (Wildman–Crippen MR) is 226 cm³/mol. The topological polar surface area (TPSA) is 118 Å². The molecule has 3 N–H and O–H groups in total. The van der Waals surface area contributed by atoms with E-state index in [4.69, 9.17) is 42.9 Å². The summed E-state index contributed by atoms with van der Waals surface area (Å²) in [6, 6.07) is 22.6. The third kappa shape index (κ3) is 9.58. The number of carbonyl (C=O) groups is 2. The number of carbonyl (C=O) groups excluding carboxylic acids is 1. The van der Waals surface area contributed by atoms with Crippen molar-refractivity contribution in [3.63, 3.8) is 0 Å². The minimum atomic E-state index is -0.695. The van der Waals surface area contributed by atoms with E-state index in [0.717, 1.165) is 100.0 Å². The molecule has 2 heterocycles. The van der Waals surface area contributed by atoms with Crippen molar-refractivity contribution in [2.24, 2.45) is 11.8 Å². The zero-order valence-electron chi connectivity index (χ0n) is 32.8. The van der Waals surface area contributed by atoms with Crippen LogP contribution in [-0.4, -0.2) is 72.1 Å². The van der Waals surface area contributed by atoms with Crippen LogP contribution in [0.15, 0.2) is 72.9 Å². The molecule has 7 rings (SSSR count). The molecule has 2 fully saturated rings. The predicted octanol–water partition coefficient (Wildman–Crippen LogP) is 8.82. The van der Waals surface area contributed by atoms with Crippen molar-refractivity contribution >= 4 is 46.0 Å². The van der Waals surface area contributed by atoms with Crippen molar-refractivity contribution in [2.75, 3.05) is 34.4 Å². The van der Waals surface area contributed by atoms with Crippen LogP contribution in [0.2, 0.25) is 10.0 Å². The zero-order chi connectivity index (χ0) is 40.1. The molecule has 10 nitrogen and oxygen atoms in total. The van der Waals surface area contributed by atoms with E-state index in [2.05, 4.69) is 46.8 Å². The lowest BCUT2D eigenvalue weighted by Crippen LogP contribution is -2.35. The molecule has 0 bridgehead atoms. The van der Waals surface area contributed by atoms with E-state index in [9.17, 15) is 9.59 Å². The van der Waals surface area contributed by atoms with E-state index < -0.39 is 5.97 Å². The number of ether oxygens (including phenoxy) is 2. The molecule has 1 atom stereocenters. The van der Waals surface area contributed by atoms with Crippen LogP contribution in [0.4, 0.5) is 0 Å². The maximum absolute atomic E-state index is 11.6. The molecule has 1 saturated carbocycles. The van der Waals surface area contributed by atoms with Crippen LogP contribution in [0.3, 0.4) is 0 Å². The van der Waals surface area contributed by atoms with E-state index in [1.54, 1.807) is 14.2 Å². The van der Waals surface area contributed by atoms with Crippen LogP contribution >= 0.6 is 23.2 Å². The largest absolute Gasteiger partial charge is 0.496 e. The molecule has 300 valence electrons. The molecule has 12 heteroatoms. The number of carboxylic acids is 1. The van der Waals surface area contributed by atoms with Crippen molar-refractivity contribution in [1.29, 1.82) is 0 Å². The molecular formula is C45H51Cl2N5O5. The molecule has 57 heavy (non-hydrogen) atoms. The molecule has 0 radical (unpaired) electrons. The number of methoxy groups -OCH3 is 2. The second-order valence-corrected chi connectivity index (χ2v) is 16.4. The maximum Gasteiger partial charge on any atom is 0.303 e. The number of aliphatic carboxylic acids is 1. The van der Waals surface area contributed by atoms with Gasteiger partial charge in [0.25, 0.3) is 0 Å². The molecule has 4 aromatic carbocycles. The van der Waals surface area contributed by atoms with Crippen molar-refractivity contribution in [3.8, 4) is 33.8 Å². The molecule has 5 aromatic rings. The van der Waals surface area contributed by atoms with Crippen LogP contribution in [0.5, 0.6) is 11.5 Å². The highest BCUT2D eigenvalue weighted by molar-refractivity contribution is 6.36. The standard InChI is InChI=1S/C45H51Cl2N5O5/c1-51(25-29-12-10-28(11-13-29)18-44(54)55)26-33-19-39(46)32(21-42(33)57-3)27-52-40-9-5-7-36(38(40)24-49-52)37-8-4-6-35(45(37)47)30-14-15-31(41(20-30)56-2)22-48-23-34-16-17-43(53)50-34/h4-9,14-15,19-21,24,28-29,34,48H,10-13,16-18,22-23,25-27H2,1-3H3,(H,50,53)(H,54,55)/t28?,29?,34-/m0/s1. The van der Waals surface area contributed by atoms with Crippen LogP contribution in [0.25, 0.3) is 33.2 Å². The fourth-order valence-electron chi connectivity index (χ4n) is 8.59. The second kappa shape index (κ2) is 18.3. The number of hydrogen-bond donors (Lipinski definition) is 3. The summed E-state index contributed by atoms with van der Waals surface area (Å²) in [5.41, 5.74) is 7.66. The molecule has 1 aliphatic heterocycles. The Morgan fingerprint density at radius 2 is 1.63 bits per heavy atom. The average Bonchev–Trinajstić information content (AvgIpc) is 3.82. The van der Waals surface area contributed by atoms with Gasteiger partial charge in [-0.15, -0.1) is 0 Å². The highest BCUT2D eigenvalue weighted by Gasteiger charge is 2.25. The van der Waals surface area contributed by atoms with E-state index >= 15 is 0 Å². The lowest BCUT2D eigenvalue weighted by atomic mass is 9.80. The molecule has 1 aromatic heterocycles. The second-order valence-electron chi connectivity index (χ2n) is 15.6. The Morgan fingerprint density at radius 1 is 0.912 bits per heavy atom. The smallest absolute Gasteiger partial charge is 0.303 e. The molecule has 1 aliphatic carbocycles. The molecular weight excluding hydrogens is 761 g/mol. The first-order valence-electron chi connectivity index (χ1n) is 19.8. The first kappa shape index (κ1) is 40.6. The number of carboxylic acid groups (broad SMARTS) is 1. The molecule has 0 spiro atoms. The minimum absolute atomic E-state index is 0.114. The van der Waals surface area contributed by atoms with Gasteiger partial charge in [-0.25, -0.2) is 0 Å². The molecule has 1 saturated heterocycles. The maximum atomic E-state index is 11.6. The number of hydrogen-bond acceptors (Lipinski definition) is 7. The van der Waals surface area contributed by atoms with Crippen LogP contribution in [-0.2, 0) is 29.2 Å². The highest BCUT2D eigenvalue weighted by atomic mass is 35.5. The fourth-order valence-corrected chi connectivity index (χ4v) is 9.17. The van der Waals surface area contributed by atoms with Gasteiger partial charge in [-0.05, 0) is 91.9 Å². The van der Waals surface area contributed by atoms with Crippen LogP contribution < -0.4 is 20.1 Å². The summed E-state index contributed by atoms with van der Waals surface area (Å²) in [5.74, 6) is 1.82. The van der Waals surface area contributed by atoms with Crippen molar-refractivity contribution in [3.05, 3.63) is 99.7 Å². The van der Waals surface area contributed by atoms with Gasteiger partial charge in [-0.1, -0.05) is 65.7 Å². The SMILES string of the molecule is COc1cc(-c2cccc(-c3cccc4c3cnn4Cc3cc(OC)c(CN(C)CC4CCC(CC(=O)O)CC4)cc3Cl)c2Cl)ccc1CNC[C@@H]1CCC(=O)N1. The minimum Gasteiger partial charge on any atom is -0.496 e. The number of rotatable bonds is 16. The van der Waals surface area contributed by atoms with E-state index in [-0.39, 0.29) is 18.4 Å². The zero-order valence-corrected chi connectivity index (χ0v) is 34.3. The summed E-state index contributed by atoms with van der Waals surface area (Å²) in [7, 11) is 5.48. The Balaban J connectivity index is 1.05. The Hall–Kier alpha value is -4.61. The van der Waals surface area contributed by atoms with E-state index in [0.29, 0.717) is 54.5 Å². The first-order chi connectivity index (χ1) is 27.6. The Kier molecular flexibility index (Phi) is 13.0. The third-order valence-electron chi connectivity index (χ3n) is 11.6. The van der Waals surface area contributed by atoms with Gasteiger partial charge in [-0.3, -0.25) is 14.3 Å². The van der Waals surface area contributed by atoms with Gasteiger partial charge in [-0.2, -0.15) is 5.10 Å². The fraction of sp³-hybridized carbons (Fsp3) is 0.400. The summed E-state index contributed by atoms with van der Waals surface area (Å²) in [6.45, 7) is 3.43. The summed E-state index contributed by atoms with van der Waals surface area (Å²) < 4.78 is 13.6. The Morgan fingerprint density at radius 3 is 2.37 bits per heavy atom. The lowest BCUT2D eigenvalue weighted by molar-refractivity contribution is -0.138. The van der Waals surface area contributed by atoms with Gasteiger partial charge in [0.1, 0.15) is 11.5 Å². The van der Waals surface area contributed by atoms with Crippen molar-refractivity contribution in [2.45, 2.75) is 70.6 Å². The van der Waals surface area contributed by atoms with Gasteiger partial charge in [0.15, 0.2) is 0 Å². The third-order valence-corrected chi connectivity index (χ3v) is 12.3. The van der Waals surface area contributed by atoms with Gasteiger partial charge in [0.05, 0.1) is 37.5 Å². The number of aromatic nitrogens is 2. The number of halogens is 2. The van der Waals surface area contributed by atoms with Crippen LogP contribution in [0.1, 0.15) is 61.6 Å². The molecule has 0 unspecified atom stereocenters. The highest BCUT2D eigenvalue weighted by Crippen LogP contribution is 2.41. The summed E-state index contributed by atoms with van der Waals surface area (Å²) >= 11 is 14.2. The van der Waals surface area contributed by atoms with Gasteiger partial charge in [0, 0.05) is 77.7 Å². The number of nitrogens with zero attached hydrogens (tertiary/aromatic N) is 3. The monoisotopic (exact) mass is 811 g/mol. The Bertz CT molecular complexity index is 2230. The number of fused-ring (bicyclic) bond motifs is 1. The van der Waals surface area contributed by atoms with Crippen molar-refractivity contribution in [1.82, 2.24) is 25.3 Å². The van der Waals surface area contributed by atoms with Crippen molar-refractivity contribution < 1.29 is 24.2 Å². The lowest BCUT2D eigenvalue weighted by Gasteiger charge is -2.31. The summed E-state index contributed by atoms with van der Waals surface area (Å²) in [4.78, 5) is 25.0. The normalized spacial score (nSPS) is 18.3. The van der Waals surface area contributed by atoms with Gasteiger partial charge < -0.3 is 30.1 Å². The average molecular weight is 813 g/mol. The summed E-state index contributed by atoms with van der Waals surface area (Å²) in [6.07, 6.45) is 7.68. The number of benzene rings is 4. The van der Waals surface area contributed by atoms with Gasteiger partial charge in [0.2, 0.25) is 5.91 Å². The Labute approximate surface area is 344 Å². The molecule has 1 amide bonds. The quantitative estimate of drug-likeness (QED) is 0.0906. The first-order valence-corrected chi connectivity index (χ1v) is 20.5. The molecule has 2 aliphatic rings.